The highest BCUT2D eigenvalue weighted by Crippen LogP contribution is 2.41. The Labute approximate surface area is 297 Å². The summed E-state index contributed by atoms with van der Waals surface area (Å²) in [7, 11) is -3.18. The van der Waals surface area contributed by atoms with Gasteiger partial charge in [0.25, 0.3) is 0 Å². The van der Waals surface area contributed by atoms with Crippen LogP contribution in [0.3, 0.4) is 0 Å². The van der Waals surface area contributed by atoms with Crippen LogP contribution in [0.2, 0.25) is 0 Å². The second-order valence-electron chi connectivity index (χ2n) is 12.0. The van der Waals surface area contributed by atoms with E-state index in [1.807, 2.05) is 0 Å². The number of alkyl halides is 3. The number of ether oxygens (including phenoxy) is 1. The lowest BCUT2D eigenvalue weighted by molar-refractivity contribution is -0.163. The molecule has 0 fully saturated rings. The maximum atomic E-state index is 14.8. The summed E-state index contributed by atoms with van der Waals surface area (Å²) in [5.41, 5.74) is 1.83. The molecule has 10 nitrogen and oxygen atoms in total. The molecule has 0 unspecified atom stereocenters. The molecule has 2 amide bonds. The fourth-order valence-corrected chi connectivity index (χ4v) is 9.12. The zero-order valence-electron chi connectivity index (χ0n) is 27.8. The van der Waals surface area contributed by atoms with Gasteiger partial charge < -0.3 is 25.5 Å². The standard InChI is InChI=1S/C36H37F3N4O6S2/c1-22(2)43(51(47,48)26-14-15-27-25(20-26)18-19-40-27)28(21-44)29-16-17-30(50-29)33(36(37,38)39)42-34(45)32(41-35(46)49-3)31(23-10-6-4-7-11-23)24-12-8-5-9-13-24/h4-20,22,28,31-33,40,44H,21H2,1-3H3,(H,41,46)(H,42,45)/t28-,32+,33-/m1/s1. The van der Waals surface area contributed by atoms with Crippen molar-refractivity contribution in [2.24, 2.45) is 0 Å². The minimum absolute atomic E-state index is 0.0468. The number of rotatable bonds is 13. The molecule has 0 saturated heterocycles. The molecule has 4 N–H and O–H groups in total. The van der Waals surface area contributed by atoms with Gasteiger partial charge in [0.05, 0.1) is 24.7 Å². The smallest absolute Gasteiger partial charge is 0.413 e. The van der Waals surface area contributed by atoms with Crippen LogP contribution >= 0.6 is 11.3 Å². The molecule has 3 aromatic carbocycles. The van der Waals surface area contributed by atoms with Crippen LogP contribution in [0.1, 0.15) is 52.7 Å². The highest BCUT2D eigenvalue weighted by molar-refractivity contribution is 7.89. The third-order valence-electron chi connectivity index (χ3n) is 8.36. The number of alkyl carbamates (subject to hydrolysis) is 1. The number of sulfonamides is 1. The van der Waals surface area contributed by atoms with E-state index in [2.05, 4.69) is 15.6 Å². The first-order valence-corrected chi connectivity index (χ1v) is 18.1. The molecule has 3 atom stereocenters. The summed E-state index contributed by atoms with van der Waals surface area (Å²) in [4.78, 5) is 29.2. The van der Waals surface area contributed by atoms with Crippen LogP contribution in [0, 0.1) is 0 Å². The van der Waals surface area contributed by atoms with Gasteiger partial charge in [0.15, 0.2) is 6.04 Å². The number of H-pyrrole nitrogens is 1. The molecule has 0 aliphatic rings. The number of aromatic nitrogens is 1. The van der Waals surface area contributed by atoms with E-state index in [1.54, 1.807) is 92.8 Å². The summed E-state index contributed by atoms with van der Waals surface area (Å²) in [6, 6.07) is 19.8. The Morgan fingerprint density at radius 1 is 0.902 bits per heavy atom. The monoisotopic (exact) mass is 742 g/mol. The number of aromatic amines is 1. The first kappa shape index (κ1) is 37.6. The maximum absolute atomic E-state index is 14.8. The largest absolute Gasteiger partial charge is 0.453 e. The third-order valence-corrected chi connectivity index (χ3v) is 11.7. The molecule has 5 aromatic rings. The molecule has 5 rings (SSSR count). The lowest BCUT2D eigenvalue weighted by Gasteiger charge is -2.32. The summed E-state index contributed by atoms with van der Waals surface area (Å²) in [6.07, 6.45) is -4.36. The number of hydrogen-bond donors (Lipinski definition) is 4. The zero-order chi connectivity index (χ0) is 36.9. The summed E-state index contributed by atoms with van der Waals surface area (Å²) in [5.74, 6) is -2.05. The topological polar surface area (TPSA) is 141 Å². The van der Waals surface area contributed by atoms with Gasteiger partial charge in [-0.1, -0.05) is 60.7 Å². The van der Waals surface area contributed by atoms with Crippen molar-refractivity contribution in [1.29, 1.82) is 0 Å². The van der Waals surface area contributed by atoms with Crippen molar-refractivity contribution in [2.45, 2.75) is 55.0 Å². The van der Waals surface area contributed by atoms with Crippen LogP contribution in [0.4, 0.5) is 18.0 Å². The Bertz CT molecular complexity index is 2010. The zero-order valence-corrected chi connectivity index (χ0v) is 29.4. The van der Waals surface area contributed by atoms with Crippen molar-refractivity contribution in [1.82, 2.24) is 19.9 Å². The number of hydrogen-bond acceptors (Lipinski definition) is 7. The molecule has 51 heavy (non-hydrogen) atoms. The molecular weight excluding hydrogens is 706 g/mol. The van der Waals surface area contributed by atoms with E-state index in [9.17, 15) is 36.3 Å². The summed E-state index contributed by atoms with van der Waals surface area (Å²) >= 11 is 0.617. The Kier molecular flexibility index (Phi) is 11.5. The lowest BCUT2D eigenvalue weighted by atomic mass is 9.84. The second kappa shape index (κ2) is 15.7. The van der Waals surface area contributed by atoms with E-state index in [4.69, 9.17) is 4.74 Å². The molecule has 2 aromatic heterocycles. The molecule has 0 aliphatic carbocycles. The van der Waals surface area contributed by atoms with Gasteiger partial charge in [-0.15, -0.1) is 11.3 Å². The van der Waals surface area contributed by atoms with Gasteiger partial charge in [-0.2, -0.15) is 17.5 Å². The normalized spacial score (nSPS) is 14.1. The maximum Gasteiger partial charge on any atom is 0.413 e. The van der Waals surface area contributed by atoms with E-state index in [0.717, 1.165) is 23.0 Å². The fraction of sp³-hybridized carbons (Fsp3) is 0.278. The van der Waals surface area contributed by atoms with Crippen LogP contribution in [-0.4, -0.2) is 66.8 Å². The molecule has 0 bridgehead atoms. The number of thiophene rings is 1. The van der Waals surface area contributed by atoms with Gasteiger partial charge in [0.2, 0.25) is 15.9 Å². The quantitative estimate of drug-likeness (QED) is 0.107. The Hall–Kier alpha value is -4.70. The van der Waals surface area contributed by atoms with Crippen molar-refractivity contribution in [3.63, 3.8) is 0 Å². The number of carbonyl (C=O) groups is 2. The number of aliphatic hydroxyl groups is 1. The second-order valence-corrected chi connectivity index (χ2v) is 15.0. The van der Waals surface area contributed by atoms with Crippen molar-refractivity contribution in [2.75, 3.05) is 13.7 Å². The van der Waals surface area contributed by atoms with Gasteiger partial charge in [-0.25, -0.2) is 13.2 Å². The molecule has 2 heterocycles. The predicted molar refractivity (Wildman–Crippen MR) is 188 cm³/mol. The van der Waals surface area contributed by atoms with Crippen LogP contribution in [-0.2, 0) is 19.6 Å². The number of nitrogens with one attached hydrogen (secondary N) is 3. The minimum atomic E-state index is -5.01. The van der Waals surface area contributed by atoms with Crippen LogP contribution in [0.5, 0.6) is 0 Å². The fourth-order valence-electron chi connectivity index (χ4n) is 6.05. The number of amides is 2. The van der Waals surface area contributed by atoms with Crippen molar-refractivity contribution in [3.8, 4) is 0 Å². The molecular formula is C36H37F3N4O6S2. The average Bonchev–Trinajstić information content (AvgIpc) is 3.79. The number of fused-ring (bicyclic) bond motifs is 1. The van der Waals surface area contributed by atoms with Crippen molar-refractivity contribution < 1.29 is 41.0 Å². The summed E-state index contributed by atoms with van der Waals surface area (Å²) in [5, 5.41) is 15.7. The Morgan fingerprint density at radius 3 is 2.06 bits per heavy atom. The van der Waals surface area contributed by atoms with E-state index >= 15 is 0 Å². The SMILES string of the molecule is COC(=O)N[C@H](C(=O)N[C@H](c1ccc([C@@H](CO)N(C(C)C)S(=O)(=O)c2ccc3[nH]ccc3c2)s1)C(F)(F)F)C(c1ccccc1)c1ccccc1. The number of carbonyl (C=O) groups excluding carboxylic acids is 2. The van der Waals surface area contributed by atoms with Gasteiger partial charge in [0, 0.05) is 38.8 Å². The number of halogens is 3. The first-order chi connectivity index (χ1) is 24.3. The van der Waals surface area contributed by atoms with Gasteiger partial charge >= 0.3 is 12.3 Å². The van der Waals surface area contributed by atoms with Gasteiger partial charge in [-0.3, -0.25) is 4.79 Å². The molecule has 0 saturated carbocycles. The van der Waals surface area contributed by atoms with E-state index in [1.165, 1.54) is 18.2 Å². The van der Waals surface area contributed by atoms with Crippen LogP contribution in [0.25, 0.3) is 10.9 Å². The Balaban J connectivity index is 1.50. The average molecular weight is 743 g/mol. The predicted octanol–water partition coefficient (Wildman–Crippen LogP) is 6.64. The van der Waals surface area contributed by atoms with E-state index in [0.29, 0.717) is 27.8 Å². The summed E-state index contributed by atoms with van der Waals surface area (Å²) < 4.78 is 78.2. The van der Waals surface area contributed by atoms with Crippen molar-refractivity contribution >= 4 is 44.3 Å². The highest BCUT2D eigenvalue weighted by Gasteiger charge is 2.46. The van der Waals surface area contributed by atoms with Gasteiger partial charge in [-0.05, 0) is 61.4 Å². The van der Waals surface area contributed by atoms with E-state index < -0.39 is 64.9 Å². The number of methoxy groups -OCH3 is 1. The number of aliphatic hydroxyl groups excluding tert-OH is 1. The van der Waals surface area contributed by atoms with Crippen LogP contribution in [0.15, 0.2) is 108 Å². The summed E-state index contributed by atoms with van der Waals surface area (Å²) in [6.45, 7) is 2.48. The number of benzene rings is 3. The third kappa shape index (κ3) is 8.28. The van der Waals surface area contributed by atoms with Crippen LogP contribution < -0.4 is 10.6 Å². The number of nitrogens with zero attached hydrogens (tertiary/aromatic N) is 1. The van der Waals surface area contributed by atoms with Crippen molar-refractivity contribution in [3.05, 3.63) is 124 Å². The molecule has 0 radical (unpaired) electrons. The first-order valence-electron chi connectivity index (χ1n) is 15.9. The highest BCUT2D eigenvalue weighted by atomic mass is 32.2. The lowest BCUT2D eigenvalue weighted by Crippen LogP contribution is -2.52. The Morgan fingerprint density at radius 2 is 1.51 bits per heavy atom. The van der Waals surface area contributed by atoms with Gasteiger partial charge in [0.1, 0.15) is 6.04 Å². The van der Waals surface area contributed by atoms with E-state index in [-0.39, 0.29) is 14.6 Å². The molecule has 0 spiro atoms. The molecule has 270 valence electrons. The molecule has 0 aliphatic heterocycles. The minimum Gasteiger partial charge on any atom is -0.453 e. The molecule has 15 heteroatoms.